The highest BCUT2D eigenvalue weighted by atomic mass is 16.4. The fourth-order valence-electron chi connectivity index (χ4n) is 3.73. The highest BCUT2D eigenvalue weighted by molar-refractivity contribution is 5.69. The van der Waals surface area contributed by atoms with Gasteiger partial charge in [0.25, 0.3) is 0 Å². The number of aromatic hydroxyl groups is 1. The summed E-state index contributed by atoms with van der Waals surface area (Å²) in [5.41, 5.74) is 2.93. The van der Waals surface area contributed by atoms with E-state index in [1.165, 1.54) is 18.4 Å². The van der Waals surface area contributed by atoms with Crippen molar-refractivity contribution in [1.82, 2.24) is 0 Å². The largest absolute Gasteiger partial charge is 0.507 e. The summed E-state index contributed by atoms with van der Waals surface area (Å²) in [5, 5.41) is 20.3. The van der Waals surface area contributed by atoms with Crippen molar-refractivity contribution in [3.05, 3.63) is 28.8 Å². The van der Waals surface area contributed by atoms with E-state index in [2.05, 4.69) is 60.6 Å². The number of carboxylic acid groups (broad SMARTS) is 1. The third-order valence-electron chi connectivity index (χ3n) is 5.75. The molecule has 1 rings (SSSR count). The van der Waals surface area contributed by atoms with Gasteiger partial charge < -0.3 is 10.2 Å². The number of phenolic OH excluding ortho intramolecular Hbond substituents is 1. The van der Waals surface area contributed by atoms with E-state index in [0.717, 1.165) is 30.4 Å². The van der Waals surface area contributed by atoms with Crippen molar-refractivity contribution in [2.24, 2.45) is 5.92 Å². The zero-order valence-corrected chi connectivity index (χ0v) is 19.4. The number of hydrogen-bond donors (Lipinski definition) is 2. The molecular weight excluding hydrogens is 348 g/mol. The van der Waals surface area contributed by atoms with Crippen molar-refractivity contribution in [3.63, 3.8) is 0 Å². The topological polar surface area (TPSA) is 57.5 Å². The third-order valence-corrected chi connectivity index (χ3v) is 5.75. The molecule has 0 fully saturated rings. The van der Waals surface area contributed by atoms with Gasteiger partial charge in [0, 0.05) is 0 Å². The number of unbranched alkanes of at least 4 members (excludes halogenated alkanes) is 2. The molecule has 160 valence electrons. The molecule has 0 radical (unpaired) electrons. The maximum Gasteiger partial charge on any atom is 0.306 e. The molecule has 2 N–H and O–H groups in total. The minimum Gasteiger partial charge on any atom is -0.507 e. The van der Waals surface area contributed by atoms with Crippen molar-refractivity contribution in [2.45, 2.75) is 111 Å². The van der Waals surface area contributed by atoms with Gasteiger partial charge in [0.15, 0.2) is 0 Å². The van der Waals surface area contributed by atoms with Gasteiger partial charge in [-0.1, -0.05) is 86.8 Å². The van der Waals surface area contributed by atoms with Crippen LogP contribution in [0.15, 0.2) is 12.1 Å². The Bertz CT molecular complexity index is 612. The van der Waals surface area contributed by atoms with Gasteiger partial charge in [-0.3, -0.25) is 4.79 Å². The van der Waals surface area contributed by atoms with E-state index < -0.39 is 5.97 Å². The van der Waals surface area contributed by atoms with E-state index in [9.17, 15) is 15.0 Å². The summed E-state index contributed by atoms with van der Waals surface area (Å²) in [6.07, 6.45) is 6.14. The smallest absolute Gasteiger partial charge is 0.306 e. The molecule has 2 atom stereocenters. The lowest BCUT2D eigenvalue weighted by Crippen LogP contribution is -2.19. The molecule has 0 amide bonds. The van der Waals surface area contributed by atoms with Crippen LogP contribution in [0.2, 0.25) is 0 Å². The van der Waals surface area contributed by atoms with Crippen LogP contribution in [0.3, 0.4) is 0 Å². The first kappa shape index (κ1) is 24.5. The highest BCUT2D eigenvalue weighted by Gasteiger charge is 2.28. The summed E-state index contributed by atoms with van der Waals surface area (Å²) in [7, 11) is 0. The summed E-state index contributed by atoms with van der Waals surface area (Å²) >= 11 is 0. The van der Waals surface area contributed by atoms with Crippen LogP contribution in [0.4, 0.5) is 0 Å². The molecule has 28 heavy (non-hydrogen) atoms. The van der Waals surface area contributed by atoms with Gasteiger partial charge in [0.1, 0.15) is 5.75 Å². The Morgan fingerprint density at radius 3 is 1.82 bits per heavy atom. The fraction of sp³-hybridized carbons (Fsp3) is 0.720. The Morgan fingerprint density at radius 2 is 1.43 bits per heavy atom. The molecule has 0 aliphatic rings. The average molecular weight is 391 g/mol. The van der Waals surface area contributed by atoms with E-state index in [4.69, 9.17) is 0 Å². The molecule has 3 nitrogen and oxygen atoms in total. The number of phenols is 1. The van der Waals surface area contributed by atoms with Crippen LogP contribution >= 0.6 is 0 Å². The van der Waals surface area contributed by atoms with Crippen LogP contribution in [0.5, 0.6) is 5.75 Å². The van der Waals surface area contributed by atoms with E-state index in [-0.39, 0.29) is 16.7 Å². The number of carboxylic acids is 1. The van der Waals surface area contributed by atoms with Crippen molar-refractivity contribution in [2.75, 3.05) is 0 Å². The molecule has 0 bridgehead atoms. The lowest BCUT2D eigenvalue weighted by molar-refractivity contribution is -0.141. The summed E-state index contributed by atoms with van der Waals surface area (Å²) in [5.74, 6) is -0.301. The molecular formula is C25H42O3. The molecule has 0 saturated heterocycles. The molecule has 1 aromatic rings. The minimum atomic E-state index is -0.719. The van der Waals surface area contributed by atoms with Gasteiger partial charge in [0.05, 0.1) is 5.92 Å². The SMILES string of the molecule is CCCCCC(CCC(C)C(=O)O)c1cc(C(C)(C)C)c(O)c(C(C)(C)C)c1. The quantitative estimate of drug-likeness (QED) is 0.440. The van der Waals surface area contributed by atoms with Crippen LogP contribution < -0.4 is 0 Å². The number of rotatable bonds is 9. The van der Waals surface area contributed by atoms with E-state index in [1.807, 2.05) is 0 Å². The number of benzene rings is 1. The molecule has 0 spiro atoms. The van der Waals surface area contributed by atoms with Crippen LogP contribution in [-0.4, -0.2) is 16.2 Å². The second kappa shape index (κ2) is 9.80. The first-order valence-corrected chi connectivity index (χ1v) is 10.9. The van der Waals surface area contributed by atoms with Crippen LogP contribution in [0, 0.1) is 5.92 Å². The molecule has 1 aromatic carbocycles. The second-order valence-corrected chi connectivity index (χ2v) is 10.5. The normalized spacial score (nSPS) is 14.7. The summed E-state index contributed by atoms with van der Waals surface area (Å²) in [4.78, 5) is 11.3. The van der Waals surface area contributed by atoms with Gasteiger partial charge >= 0.3 is 5.97 Å². The molecule has 0 saturated carbocycles. The third kappa shape index (κ3) is 6.83. The maximum atomic E-state index is 11.3. The predicted molar refractivity (Wildman–Crippen MR) is 118 cm³/mol. The zero-order chi connectivity index (χ0) is 21.7. The van der Waals surface area contributed by atoms with Crippen molar-refractivity contribution in [3.8, 4) is 5.75 Å². The van der Waals surface area contributed by atoms with Gasteiger partial charge in [0.2, 0.25) is 0 Å². The van der Waals surface area contributed by atoms with Gasteiger partial charge in [-0.25, -0.2) is 0 Å². The summed E-state index contributed by atoms with van der Waals surface area (Å²) in [6.45, 7) is 16.8. The molecule has 0 heterocycles. The summed E-state index contributed by atoms with van der Waals surface area (Å²) < 4.78 is 0. The zero-order valence-electron chi connectivity index (χ0n) is 19.4. The Kier molecular flexibility index (Phi) is 8.59. The molecule has 3 heteroatoms. The highest BCUT2D eigenvalue weighted by Crippen LogP contribution is 2.42. The number of carbonyl (C=O) groups is 1. The first-order valence-electron chi connectivity index (χ1n) is 10.9. The fourth-order valence-corrected chi connectivity index (χ4v) is 3.73. The van der Waals surface area contributed by atoms with Crippen LogP contribution in [0.1, 0.15) is 117 Å². The van der Waals surface area contributed by atoms with E-state index >= 15 is 0 Å². The van der Waals surface area contributed by atoms with Crippen molar-refractivity contribution < 1.29 is 15.0 Å². The monoisotopic (exact) mass is 390 g/mol. The Labute approximate surface area is 172 Å². The lowest BCUT2D eigenvalue weighted by Gasteiger charge is -2.30. The molecule has 0 aliphatic heterocycles. The lowest BCUT2D eigenvalue weighted by atomic mass is 9.75. The Hall–Kier alpha value is -1.51. The molecule has 0 aliphatic carbocycles. The van der Waals surface area contributed by atoms with Gasteiger partial charge in [-0.2, -0.15) is 0 Å². The molecule has 0 aromatic heterocycles. The Balaban J connectivity index is 3.38. The van der Waals surface area contributed by atoms with Crippen molar-refractivity contribution in [1.29, 1.82) is 0 Å². The maximum absolute atomic E-state index is 11.3. The van der Waals surface area contributed by atoms with E-state index in [0.29, 0.717) is 18.1 Å². The second-order valence-electron chi connectivity index (χ2n) is 10.5. The standard InChI is InChI=1S/C25H42O3/c1-9-10-11-12-18(14-13-17(2)23(27)28)19-15-20(24(3,4)5)22(26)21(16-19)25(6,7)8/h15-18,26H,9-14H2,1-8H3,(H,27,28). The Morgan fingerprint density at radius 1 is 0.929 bits per heavy atom. The summed E-state index contributed by atoms with van der Waals surface area (Å²) in [6, 6.07) is 4.35. The first-order chi connectivity index (χ1) is 12.8. The van der Waals surface area contributed by atoms with Crippen LogP contribution in [-0.2, 0) is 15.6 Å². The van der Waals surface area contributed by atoms with Gasteiger partial charge in [-0.05, 0) is 52.7 Å². The average Bonchev–Trinajstić information content (AvgIpc) is 2.55. The van der Waals surface area contributed by atoms with Gasteiger partial charge in [-0.15, -0.1) is 0 Å². The van der Waals surface area contributed by atoms with E-state index in [1.54, 1.807) is 6.92 Å². The van der Waals surface area contributed by atoms with Crippen LogP contribution in [0.25, 0.3) is 0 Å². The number of hydrogen-bond acceptors (Lipinski definition) is 2. The molecule has 2 unspecified atom stereocenters. The predicted octanol–water partition coefficient (Wildman–Crippen LogP) is 7.15. The number of aliphatic carboxylic acids is 1. The van der Waals surface area contributed by atoms with Crippen molar-refractivity contribution >= 4 is 5.97 Å². The minimum absolute atomic E-state index is 0.150.